The van der Waals surface area contributed by atoms with Gasteiger partial charge in [0.15, 0.2) is 5.65 Å². The van der Waals surface area contributed by atoms with Gasteiger partial charge in [-0.15, -0.1) is 0 Å². The fraction of sp³-hybridized carbons (Fsp3) is 0.294. The molecule has 1 aliphatic rings. The van der Waals surface area contributed by atoms with Crippen LogP contribution in [-0.4, -0.2) is 27.7 Å². The maximum Gasteiger partial charge on any atom is 0.157 e. The van der Waals surface area contributed by atoms with E-state index in [2.05, 4.69) is 21.0 Å². The van der Waals surface area contributed by atoms with Gasteiger partial charge in [0, 0.05) is 35.0 Å². The molecule has 0 saturated carbocycles. The maximum atomic E-state index is 6.15. The molecular weight excluding hydrogens is 312 g/mol. The summed E-state index contributed by atoms with van der Waals surface area (Å²) in [6.45, 7) is 6.12. The Morgan fingerprint density at radius 1 is 1.13 bits per heavy atom. The number of rotatable bonds is 1. The van der Waals surface area contributed by atoms with E-state index in [1.54, 1.807) is 0 Å². The predicted octanol–water partition coefficient (Wildman–Crippen LogP) is 3.40. The SMILES string of the molecule is Cc1cc(N2CCOc3ccc(Cl)cc3C2)n2nc(C)cc2n1. The van der Waals surface area contributed by atoms with Gasteiger partial charge in [-0.25, -0.2) is 4.98 Å². The zero-order valence-electron chi connectivity index (χ0n) is 13.1. The first-order chi connectivity index (χ1) is 11.1. The van der Waals surface area contributed by atoms with E-state index in [4.69, 9.17) is 16.3 Å². The Hall–Kier alpha value is -2.27. The van der Waals surface area contributed by atoms with Gasteiger partial charge in [0.2, 0.25) is 0 Å². The number of hydrogen-bond donors (Lipinski definition) is 0. The maximum absolute atomic E-state index is 6.15. The van der Waals surface area contributed by atoms with Gasteiger partial charge in [-0.05, 0) is 32.0 Å². The average molecular weight is 329 g/mol. The molecule has 2 aromatic heterocycles. The summed E-state index contributed by atoms with van der Waals surface area (Å²) in [7, 11) is 0. The van der Waals surface area contributed by atoms with Crippen LogP contribution in [0, 0.1) is 13.8 Å². The average Bonchev–Trinajstić information content (AvgIpc) is 2.75. The first kappa shape index (κ1) is 14.3. The largest absolute Gasteiger partial charge is 0.491 e. The Kier molecular flexibility index (Phi) is 3.38. The van der Waals surface area contributed by atoms with Crippen molar-refractivity contribution in [3.8, 4) is 5.75 Å². The molecule has 23 heavy (non-hydrogen) atoms. The van der Waals surface area contributed by atoms with Crippen molar-refractivity contribution in [1.82, 2.24) is 14.6 Å². The van der Waals surface area contributed by atoms with Crippen molar-refractivity contribution in [3.63, 3.8) is 0 Å². The van der Waals surface area contributed by atoms with Gasteiger partial charge >= 0.3 is 0 Å². The summed E-state index contributed by atoms with van der Waals surface area (Å²) in [4.78, 5) is 6.82. The lowest BCUT2D eigenvalue weighted by Gasteiger charge is -2.23. The summed E-state index contributed by atoms with van der Waals surface area (Å²) >= 11 is 6.15. The summed E-state index contributed by atoms with van der Waals surface area (Å²) in [5, 5.41) is 5.30. The van der Waals surface area contributed by atoms with E-state index >= 15 is 0 Å². The van der Waals surface area contributed by atoms with Crippen LogP contribution >= 0.6 is 11.6 Å². The van der Waals surface area contributed by atoms with E-state index in [1.165, 1.54) is 0 Å². The van der Waals surface area contributed by atoms with Crippen LogP contribution in [-0.2, 0) is 6.54 Å². The molecular formula is C17H17ClN4O. The summed E-state index contributed by atoms with van der Waals surface area (Å²) < 4.78 is 7.76. The Bertz CT molecular complexity index is 890. The molecule has 0 radical (unpaired) electrons. The highest BCUT2D eigenvalue weighted by atomic mass is 35.5. The number of ether oxygens (including phenoxy) is 1. The van der Waals surface area contributed by atoms with Gasteiger partial charge in [0.25, 0.3) is 0 Å². The molecule has 0 atom stereocenters. The normalized spacial score (nSPS) is 14.5. The minimum absolute atomic E-state index is 0.623. The first-order valence-electron chi connectivity index (χ1n) is 7.60. The van der Waals surface area contributed by atoms with Crippen LogP contribution in [0.2, 0.25) is 5.02 Å². The van der Waals surface area contributed by atoms with E-state index in [0.717, 1.165) is 52.3 Å². The van der Waals surface area contributed by atoms with Gasteiger partial charge in [-0.2, -0.15) is 9.61 Å². The highest BCUT2D eigenvalue weighted by Crippen LogP contribution is 2.29. The summed E-state index contributed by atoms with van der Waals surface area (Å²) in [6.07, 6.45) is 0. The van der Waals surface area contributed by atoms with Gasteiger partial charge in [0.05, 0.1) is 12.2 Å². The molecule has 4 rings (SSSR count). The smallest absolute Gasteiger partial charge is 0.157 e. The number of aryl methyl sites for hydroxylation is 2. The lowest BCUT2D eigenvalue weighted by Crippen LogP contribution is -2.27. The zero-order valence-corrected chi connectivity index (χ0v) is 13.8. The number of halogens is 1. The summed E-state index contributed by atoms with van der Waals surface area (Å²) in [5.41, 5.74) is 3.89. The van der Waals surface area contributed by atoms with Crippen molar-refractivity contribution in [2.24, 2.45) is 0 Å². The van der Waals surface area contributed by atoms with Gasteiger partial charge in [-0.3, -0.25) is 0 Å². The number of hydrogen-bond acceptors (Lipinski definition) is 4. The van der Waals surface area contributed by atoms with Crippen molar-refractivity contribution < 1.29 is 4.74 Å². The van der Waals surface area contributed by atoms with Crippen molar-refractivity contribution in [2.45, 2.75) is 20.4 Å². The minimum Gasteiger partial charge on any atom is -0.491 e. The van der Waals surface area contributed by atoms with Gasteiger partial charge in [-0.1, -0.05) is 11.6 Å². The Morgan fingerprint density at radius 2 is 2.00 bits per heavy atom. The number of fused-ring (bicyclic) bond motifs is 2. The number of aromatic nitrogens is 3. The van der Waals surface area contributed by atoms with E-state index < -0.39 is 0 Å². The third-order valence-corrected chi connectivity index (χ3v) is 4.22. The molecule has 0 aliphatic carbocycles. The van der Waals surface area contributed by atoms with E-state index in [-0.39, 0.29) is 0 Å². The molecule has 5 nitrogen and oxygen atoms in total. The molecule has 6 heteroatoms. The molecule has 0 saturated heterocycles. The number of anilines is 1. The van der Waals surface area contributed by atoms with Crippen LogP contribution < -0.4 is 9.64 Å². The van der Waals surface area contributed by atoms with Gasteiger partial charge in [0.1, 0.15) is 18.2 Å². The topological polar surface area (TPSA) is 42.7 Å². The van der Waals surface area contributed by atoms with Crippen LogP contribution in [0.3, 0.4) is 0 Å². The Morgan fingerprint density at radius 3 is 2.87 bits per heavy atom. The second-order valence-corrected chi connectivity index (χ2v) is 6.27. The lowest BCUT2D eigenvalue weighted by molar-refractivity contribution is 0.331. The molecule has 0 spiro atoms. The number of nitrogens with zero attached hydrogens (tertiary/aromatic N) is 4. The number of benzene rings is 1. The van der Waals surface area contributed by atoms with E-state index in [9.17, 15) is 0 Å². The van der Waals surface area contributed by atoms with Crippen molar-refractivity contribution in [1.29, 1.82) is 0 Å². The van der Waals surface area contributed by atoms with E-state index in [0.29, 0.717) is 6.61 Å². The summed E-state index contributed by atoms with van der Waals surface area (Å²) in [5.74, 6) is 1.92. The molecule has 0 bridgehead atoms. The second kappa shape index (κ2) is 5.42. The van der Waals surface area contributed by atoms with Crippen molar-refractivity contribution in [2.75, 3.05) is 18.1 Å². The van der Waals surface area contributed by atoms with Crippen molar-refractivity contribution >= 4 is 23.1 Å². The monoisotopic (exact) mass is 328 g/mol. The second-order valence-electron chi connectivity index (χ2n) is 5.83. The highest BCUT2D eigenvalue weighted by Gasteiger charge is 2.19. The molecule has 3 aromatic rings. The third kappa shape index (κ3) is 2.61. The van der Waals surface area contributed by atoms with Crippen LogP contribution in [0.5, 0.6) is 5.75 Å². The lowest BCUT2D eigenvalue weighted by atomic mass is 10.2. The molecule has 0 amide bonds. The third-order valence-electron chi connectivity index (χ3n) is 3.99. The van der Waals surface area contributed by atoms with Gasteiger partial charge < -0.3 is 9.64 Å². The first-order valence-corrected chi connectivity index (χ1v) is 7.98. The fourth-order valence-corrected chi connectivity index (χ4v) is 3.17. The molecule has 0 N–H and O–H groups in total. The van der Waals surface area contributed by atoms with Crippen molar-refractivity contribution in [3.05, 3.63) is 52.3 Å². The quantitative estimate of drug-likeness (QED) is 0.686. The molecule has 0 unspecified atom stereocenters. The predicted molar refractivity (Wildman–Crippen MR) is 90.5 cm³/mol. The fourth-order valence-electron chi connectivity index (χ4n) is 2.98. The Balaban J connectivity index is 1.81. The molecule has 1 aliphatic heterocycles. The van der Waals surface area contributed by atoms with Crippen LogP contribution in [0.15, 0.2) is 30.3 Å². The molecule has 3 heterocycles. The standard InChI is InChI=1S/C17H17ClN4O/c1-11-8-17(22-16(19-11)7-12(2)20-22)21-5-6-23-15-4-3-14(18)9-13(15)10-21/h3-4,7-9H,5-6,10H2,1-2H3. The minimum atomic E-state index is 0.623. The summed E-state index contributed by atoms with van der Waals surface area (Å²) in [6, 6.07) is 9.83. The Labute approximate surface area is 139 Å². The zero-order chi connectivity index (χ0) is 16.0. The van der Waals surface area contributed by atoms with Crippen LogP contribution in [0.1, 0.15) is 17.0 Å². The van der Waals surface area contributed by atoms with Crippen LogP contribution in [0.4, 0.5) is 5.82 Å². The van der Waals surface area contributed by atoms with Crippen LogP contribution in [0.25, 0.3) is 5.65 Å². The molecule has 1 aromatic carbocycles. The highest BCUT2D eigenvalue weighted by molar-refractivity contribution is 6.30. The molecule has 0 fully saturated rings. The van der Waals surface area contributed by atoms with E-state index in [1.807, 2.05) is 42.6 Å². The molecule has 118 valence electrons.